The highest BCUT2D eigenvalue weighted by atomic mass is 16.6. The minimum Gasteiger partial charge on any atom is -0.393 e. The molecular weight excluding hydrogens is 300 g/mol. The standard InChI is InChI=1S/C15H22N4O4/c20-12-3-1-10(2-4-12)18-15-7-13(14(8-16-15)19(21)22)17-11-5-6-23-9-11/h7-8,10-12,20H,1-6,9H2,(H2,16,17,18)/t10?,11-,12?/m0/s1. The number of aromatic nitrogens is 1. The predicted molar refractivity (Wildman–Crippen MR) is 85.6 cm³/mol. The molecule has 8 heteroatoms. The number of hydrogen-bond acceptors (Lipinski definition) is 7. The van der Waals surface area contributed by atoms with Gasteiger partial charge in [0, 0.05) is 18.7 Å². The van der Waals surface area contributed by atoms with Crippen LogP contribution in [-0.4, -0.2) is 46.4 Å². The first-order valence-corrected chi connectivity index (χ1v) is 8.05. The van der Waals surface area contributed by atoms with Gasteiger partial charge in [-0.2, -0.15) is 0 Å². The molecule has 1 aromatic heterocycles. The number of rotatable bonds is 5. The Bertz CT molecular complexity index is 554. The zero-order valence-electron chi connectivity index (χ0n) is 12.9. The second-order valence-electron chi connectivity index (χ2n) is 6.20. The summed E-state index contributed by atoms with van der Waals surface area (Å²) in [5.41, 5.74) is 0.445. The highest BCUT2D eigenvalue weighted by molar-refractivity contribution is 5.65. The second kappa shape index (κ2) is 7.10. The fourth-order valence-electron chi connectivity index (χ4n) is 3.09. The summed E-state index contributed by atoms with van der Waals surface area (Å²) in [5, 5.41) is 27.2. The number of anilines is 2. The van der Waals surface area contributed by atoms with Gasteiger partial charge in [-0.15, -0.1) is 0 Å². The average molecular weight is 322 g/mol. The monoisotopic (exact) mass is 322 g/mol. The lowest BCUT2D eigenvalue weighted by Gasteiger charge is -2.26. The fourth-order valence-corrected chi connectivity index (χ4v) is 3.09. The largest absolute Gasteiger partial charge is 0.393 e. The SMILES string of the molecule is O=[N+]([O-])c1cnc(NC2CCC(O)CC2)cc1N[C@H]1CCOC1. The summed E-state index contributed by atoms with van der Waals surface area (Å²) in [6.45, 7) is 1.23. The highest BCUT2D eigenvalue weighted by Crippen LogP contribution is 2.29. The Hall–Kier alpha value is -1.93. The van der Waals surface area contributed by atoms with Crippen molar-refractivity contribution in [2.45, 2.75) is 50.3 Å². The van der Waals surface area contributed by atoms with Crippen LogP contribution in [0.25, 0.3) is 0 Å². The predicted octanol–water partition coefficient (Wildman–Crippen LogP) is 1.91. The van der Waals surface area contributed by atoms with Gasteiger partial charge in [0.15, 0.2) is 0 Å². The van der Waals surface area contributed by atoms with Crippen molar-refractivity contribution in [1.82, 2.24) is 4.98 Å². The van der Waals surface area contributed by atoms with Gasteiger partial charge < -0.3 is 20.5 Å². The molecule has 8 nitrogen and oxygen atoms in total. The van der Waals surface area contributed by atoms with Gasteiger partial charge in [0.1, 0.15) is 17.7 Å². The van der Waals surface area contributed by atoms with Crippen LogP contribution in [0.1, 0.15) is 32.1 Å². The van der Waals surface area contributed by atoms with E-state index in [9.17, 15) is 15.2 Å². The average Bonchev–Trinajstić information content (AvgIpc) is 3.02. The normalized spacial score (nSPS) is 27.6. The molecule has 126 valence electrons. The molecule has 2 heterocycles. The van der Waals surface area contributed by atoms with Crippen molar-refractivity contribution in [3.05, 3.63) is 22.4 Å². The molecule has 0 radical (unpaired) electrons. The molecule has 0 amide bonds. The molecule has 2 fully saturated rings. The number of nitrogens with zero attached hydrogens (tertiary/aromatic N) is 2. The van der Waals surface area contributed by atoms with E-state index in [2.05, 4.69) is 15.6 Å². The van der Waals surface area contributed by atoms with Gasteiger partial charge >= 0.3 is 5.69 Å². The van der Waals surface area contributed by atoms with Crippen LogP contribution >= 0.6 is 0 Å². The quantitative estimate of drug-likeness (QED) is 0.561. The Balaban J connectivity index is 1.71. The molecule has 1 saturated heterocycles. The number of nitro groups is 1. The Morgan fingerprint density at radius 2 is 2.00 bits per heavy atom. The third-order valence-electron chi connectivity index (χ3n) is 4.42. The molecule has 3 N–H and O–H groups in total. The maximum Gasteiger partial charge on any atom is 0.310 e. The first kappa shape index (κ1) is 15.9. The van der Waals surface area contributed by atoms with Crippen LogP contribution in [0.2, 0.25) is 0 Å². The molecule has 1 saturated carbocycles. The lowest BCUT2D eigenvalue weighted by molar-refractivity contribution is -0.384. The molecule has 3 rings (SSSR count). The number of aliphatic hydroxyl groups excluding tert-OH is 1. The van der Waals surface area contributed by atoms with Gasteiger partial charge in [-0.05, 0) is 32.1 Å². The van der Waals surface area contributed by atoms with Crippen LogP contribution in [0.4, 0.5) is 17.2 Å². The van der Waals surface area contributed by atoms with Gasteiger partial charge in [-0.3, -0.25) is 10.1 Å². The van der Waals surface area contributed by atoms with Crippen molar-refractivity contribution in [2.75, 3.05) is 23.8 Å². The number of pyridine rings is 1. The molecule has 0 bridgehead atoms. The summed E-state index contributed by atoms with van der Waals surface area (Å²) in [4.78, 5) is 14.9. The maximum atomic E-state index is 11.2. The maximum absolute atomic E-state index is 11.2. The van der Waals surface area contributed by atoms with E-state index in [1.54, 1.807) is 6.07 Å². The minimum atomic E-state index is -0.425. The van der Waals surface area contributed by atoms with E-state index in [0.29, 0.717) is 24.7 Å². The first-order chi connectivity index (χ1) is 11.1. The summed E-state index contributed by atoms with van der Waals surface area (Å²) in [5.74, 6) is 0.624. The van der Waals surface area contributed by atoms with Crippen molar-refractivity contribution in [2.24, 2.45) is 0 Å². The lowest BCUT2D eigenvalue weighted by atomic mass is 9.93. The number of nitrogens with one attached hydrogen (secondary N) is 2. The van der Waals surface area contributed by atoms with Gasteiger partial charge in [0.05, 0.1) is 23.7 Å². The van der Waals surface area contributed by atoms with Crippen LogP contribution in [0.15, 0.2) is 12.3 Å². The van der Waals surface area contributed by atoms with E-state index in [1.807, 2.05) is 0 Å². The highest BCUT2D eigenvalue weighted by Gasteiger charge is 2.23. The molecular formula is C15H22N4O4. The third-order valence-corrected chi connectivity index (χ3v) is 4.42. The Kier molecular flexibility index (Phi) is 4.92. The van der Waals surface area contributed by atoms with Gasteiger partial charge in [-0.25, -0.2) is 4.98 Å². The van der Waals surface area contributed by atoms with E-state index in [-0.39, 0.29) is 23.9 Å². The van der Waals surface area contributed by atoms with E-state index in [4.69, 9.17) is 4.74 Å². The van der Waals surface area contributed by atoms with E-state index < -0.39 is 4.92 Å². The van der Waals surface area contributed by atoms with Crippen molar-refractivity contribution in [3.8, 4) is 0 Å². The molecule has 2 aliphatic rings. The Morgan fingerprint density at radius 1 is 1.22 bits per heavy atom. The van der Waals surface area contributed by atoms with E-state index >= 15 is 0 Å². The van der Waals surface area contributed by atoms with Crippen molar-refractivity contribution >= 4 is 17.2 Å². The molecule has 0 spiro atoms. The molecule has 1 aliphatic carbocycles. The van der Waals surface area contributed by atoms with Crippen LogP contribution in [0, 0.1) is 10.1 Å². The zero-order valence-corrected chi connectivity index (χ0v) is 12.9. The van der Waals surface area contributed by atoms with Crippen LogP contribution < -0.4 is 10.6 Å². The van der Waals surface area contributed by atoms with Crippen molar-refractivity contribution in [1.29, 1.82) is 0 Å². The van der Waals surface area contributed by atoms with Crippen molar-refractivity contribution in [3.63, 3.8) is 0 Å². The first-order valence-electron chi connectivity index (χ1n) is 8.05. The van der Waals surface area contributed by atoms with E-state index in [0.717, 1.165) is 32.1 Å². The molecule has 1 aromatic rings. The van der Waals surface area contributed by atoms with Crippen LogP contribution in [0.3, 0.4) is 0 Å². The zero-order chi connectivity index (χ0) is 16.2. The van der Waals surface area contributed by atoms with Crippen molar-refractivity contribution < 1.29 is 14.8 Å². The van der Waals surface area contributed by atoms with E-state index in [1.165, 1.54) is 6.20 Å². The molecule has 0 aromatic carbocycles. The molecule has 1 atom stereocenters. The molecule has 0 unspecified atom stereocenters. The smallest absolute Gasteiger partial charge is 0.310 e. The second-order valence-corrected chi connectivity index (χ2v) is 6.20. The Morgan fingerprint density at radius 3 is 2.65 bits per heavy atom. The van der Waals surface area contributed by atoms with Gasteiger partial charge in [0.25, 0.3) is 0 Å². The van der Waals surface area contributed by atoms with Crippen LogP contribution in [0.5, 0.6) is 0 Å². The molecule has 1 aliphatic heterocycles. The van der Waals surface area contributed by atoms with Gasteiger partial charge in [0.2, 0.25) is 0 Å². The number of aliphatic hydroxyl groups is 1. The summed E-state index contributed by atoms with van der Waals surface area (Å²) < 4.78 is 5.30. The summed E-state index contributed by atoms with van der Waals surface area (Å²) in [6.07, 6.45) is 5.21. The minimum absolute atomic E-state index is 0.0264. The lowest BCUT2D eigenvalue weighted by Crippen LogP contribution is -2.28. The summed E-state index contributed by atoms with van der Waals surface area (Å²) in [6, 6.07) is 2.03. The third kappa shape index (κ3) is 4.08. The number of ether oxygens (including phenoxy) is 1. The van der Waals surface area contributed by atoms with Gasteiger partial charge in [-0.1, -0.05) is 0 Å². The topological polar surface area (TPSA) is 110 Å². The fraction of sp³-hybridized carbons (Fsp3) is 0.667. The number of hydrogen-bond donors (Lipinski definition) is 3. The van der Waals surface area contributed by atoms with Crippen LogP contribution in [-0.2, 0) is 4.74 Å². The summed E-state index contributed by atoms with van der Waals surface area (Å²) in [7, 11) is 0. The summed E-state index contributed by atoms with van der Waals surface area (Å²) >= 11 is 0. The molecule has 23 heavy (non-hydrogen) atoms. The Labute approximate surface area is 134 Å².